The van der Waals surface area contributed by atoms with Gasteiger partial charge in [-0.05, 0) is 37.1 Å². The van der Waals surface area contributed by atoms with E-state index in [2.05, 4.69) is 5.32 Å². The molecule has 0 spiro atoms. The molecule has 1 heterocycles. The molecule has 4 amide bonds. The summed E-state index contributed by atoms with van der Waals surface area (Å²) in [6.07, 6.45) is -0.217. The van der Waals surface area contributed by atoms with E-state index in [1.54, 1.807) is 32.2 Å². The van der Waals surface area contributed by atoms with Crippen molar-refractivity contribution in [3.63, 3.8) is 0 Å². The minimum Gasteiger partial charge on any atom is -0.496 e. The molecule has 1 aliphatic rings. The topological polar surface area (TPSA) is 116 Å². The van der Waals surface area contributed by atoms with Crippen molar-refractivity contribution < 1.29 is 29.0 Å². The molecule has 0 aromatic heterocycles. The molecule has 1 unspecified atom stereocenters. The lowest BCUT2D eigenvalue weighted by atomic mass is 9.90. The highest BCUT2D eigenvalue weighted by Crippen LogP contribution is 2.31. The van der Waals surface area contributed by atoms with Gasteiger partial charge in [-0.25, -0.2) is 4.79 Å². The molecule has 2 rings (SSSR count). The summed E-state index contributed by atoms with van der Waals surface area (Å²) in [6.45, 7) is 2.94. The summed E-state index contributed by atoms with van der Waals surface area (Å²) in [7, 11) is 2.97. The minimum atomic E-state index is -1.30. The smallest absolute Gasteiger partial charge is 0.325 e. The first-order chi connectivity index (χ1) is 12.6. The number of hydrogen-bond acceptors (Lipinski definition) is 5. The number of nitrogens with zero attached hydrogens (tertiary/aromatic N) is 2. The maximum atomic E-state index is 12.9. The molecule has 0 radical (unpaired) electrons. The van der Waals surface area contributed by atoms with E-state index in [1.807, 2.05) is 6.92 Å². The van der Waals surface area contributed by atoms with Crippen LogP contribution in [0.3, 0.4) is 0 Å². The number of carboxylic acids is 1. The van der Waals surface area contributed by atoms with E-state index in [4.69, 9.17) is 9.84 Å². The highest BCUT2D eigenvalue weighted by Gasteiger charge is 2.49. The van der Waals surface area contributed by atoms with Gasteiger partial charge in [-0.3, -0.25) is 19.3 Å². The van der Waals surface area contributed by atoms with Gasteiger partial charge in [0.05, 0.1) is 13.5 Å². The number of amides is 4. The number of likely N-dealkylation sites (N-methyl/N-ethyl adjacent to an activating group) is 1. The van der Waals surface area contributed by atoms with Crippen molar-refractivity contribution in [2.24, 2.45) is 0 Å². The van der Waals surface area contributed by atoms with Crippen molar-refractivity contribution in [3.8, 4) is 5.75 Å². The summed E-state index contributed by atoms with van der Waals surface area (Å²) in [5.74, 6) is -1.44. The van der Waals surface area contributed by atoms with Crippen LogP contribution in [0.15, 0.2) is 18.2 Å². The number of urea groups is 1. The highest BCUT2D eigenvalue weighted by atomic mass is 16.5. The lowest BCUT2D eigenvalue weighted by molar-refractivity contribution is -0.140. The van der Waals surface area contributed by atoms with Gasteiger partial charge in [0.2, 0.25) is 5.91 Å². The van der Waals surface area contributed by atoms with Crippen LogP contribution in [-0.2, 0) is 19.9 Å². The number of methoxy groups -OCH3 is 1. The van der Waals surface area contributed by atoms with Crippen LogP contribution in [0.2, 0.25) is 0 Å². The summed E-state index contributed by atoms with van der Waals surface area (Å²) in [6, 6.07) is 4.48. The summed E-state index contributed by atoms with van der Waals surface area (Å²) in [4.78, 5) is 50.1. The van der Waals surface area contributed by atoms with Gasteiger partial charge in [0.15, 0.2) is 0 Å². The summed E-state index contributed by atoms with van der Waals surface area (Å²) in [5, 5.41) is 11.3. The number of hydrogen-bond donors (Lipinski definition) is 2. The van der Waals surface area contributed by atoms with Crippen LogP contribution in [0.1, 0.15) is 24.5 Å². The molecule has 9 heteroatoms. The van der Waals surface area contributed by atoms with E-state index in [1.165, 1.54) is 11.9 Å². The molecule has 1 aliphatic heterocycles. The first-order valence-electron chi connectivity index (χ1n) is 8.35. The Bertz CT molecular complexity index is 793. The van der Waals surface area contributed by atoms with Crippen molar-refractivity contribution in [2.45, 2.75) is 25.8 Å². The predicted octanol–water partition coefficient (Wildman–Crippen LogP) is 0.704. The first kappa shape index (κ1) is 20.2. The molecule has 1 fully saturated rings. The third-order valence-corrected chi connectivity index (χ3v) is 4.63. The van der Waals surface area contributed by atoms with E-state index in [-0.39, 0.29) is 13.0 Å². The first-order valence-corrected chi connectivity index (χ1v) is 8.35. The van der Waals surface area contributed by atoms with E-state index in [0.29, 0.717) is 11.3 Å². The monoisotopic (exact) mass is 377 g/mol. The van der Waals surface area contributed by atoms with Crippen molar-refractivity contribution in [1.29, 1.82) is 0 Å². The van der Waals surface area contributed by atoms with Gasteiger partial charge >= 0.3 is 12.0 Å². The highest BCUT2D eigenvalue weighted by molar-refractivity contribution is 6.09. The Morgan fingerprint density at radius 3 is 2.56 bits per heavy atom. The number of carbonyl (C=O) groups is 4. The van der Waals surface area contributed by atoms with E-state index < -0.39 is 35.9 Å². The summed E-state index contributed by atoms with van der Waals surface area (Å²) in [5.41, 5.74) is 0.0862. The average molecular weight is 377 g/mol. The maximum Gasteiger partial charge on any atom is 0.325 e. The van der Waals surface area contributed by atoms with Crippen LogP contribution >= 0.6 is 0 Å². The number of ether oxygens (including phenoxy) is 1. The normalized spacial score (nSPS) is 19.0. The second-order valence-corrected chi connectivity index (χ2v) is 6.59. The number of aliphatic carboxylic acids is 1. The Kier molecular flexibility index (Phi) is 5.72. The lowest BCUT2D eigenvalue weighted by Gasteiger charge is -2.24. The van der Waals surface area contributed by atoms with Gasteiger partial charge in [-0.2, -0.15) is 0 Å². The Morgan fingerprint density at radius 2 is 2.00 bits per heavy atom. The van der Waals surface area contributed by atoms with Crippen LogP contribution in [0.5, 0.6) is 5.75 Å². The van der Waals surface area contributed by atoms with Crippen LogP contribution in [0, 0.1) is 6.92 Å². The van der Waals surface area contributed by atoms with Gasteiger partial charge < -0.3 is 20.1 Å². The van der Waals surface area contributed by atoms with Crippen LogP contribution in [-0.4, -0.2) is 66.0 Å². The van der Waals surface area contributed by atoms with Gasteiger partial charge in [0, 0.05) is 13.6 Å². The molecule has 146 valence electrons. The number of benzene rings is 1. The standard InChI is InChI=1S/C18H23N3O6/c1-11-9-12(5-6-13(11)27-4)18(2)16(25)21(17(26)19-18)10-14(22)20(3)8-7-15(23)24/h5-6,9H,7-8,10H2,1-4H3,(H,19,26)(H,23,24). The van der Waals surface area contributed by atoms with Gasteiger partial charge in [-0.15, -0.1) is 0 Å². The second kappa shape index (κ2) is 7.65. The number of aryl methyl sites for hydroxylation is 1. The van der Waals surface area contributed by atoms with Gasteiger partial charge in [-0.1, -0.05) is 6.07 Å². The van der Waals surface area contributed by atoms with Gasteiger partial charge in [0.25, 0.3) is 5.91 Å². The fourth-order valence-electron chi connectivity index (χ4n) is 2.87. The molecular weight excluding hydrogens is 354 g/mol. The van der Waals surface area contributed by atoms with Crippen LogP contribution < -0.4 is 10.1 Å². The quantitative estimate of drug-likeness (QED) is 0.676. The average Bonchev–Trinajstić information content (AvgIpc) is 2.83. The SMILES string of the molecule is COc1ccc(C2(C)NC(=O)N(CC(=O)N(C)CCC(=O)O)C2=O)cc1C. The Morgan fingerprint density at radius 1 is 1.33 bits per heavy atom. The number of carbonyl (C=O) groups excluding carboxylic acids is 3. The van der Waals surface area contributed by atoms with Gasteiger partial charge in [0.1, 0.15) is 17.8 Å². The van der Waals surface area contributed by atoms with E-state index in [0.717, 1.165) is 10.5 Å². The zero-order valence-electron chi connectivity index (χ0n) is 15.7. The third-order valence-electron chi connectivity index (χ3n) is 4.63. The van der Waals surface area contributed by atoms with Crippen molar-refractivity contribution >= 4 is 23.8 Å². The van der Waals surface area contributed by atoms with E-state index in [9.17, 15) is 19.2 Å². The van der Waals surface area contributed by atoms with Crippen molar-refractivity contribution in [1.82, 2.24) is 15.1 Å². The molecule has 1 atom stereocenters. The lowest BCUT2D eigenvalue weighted by Crippen LogP contribution is -2.44. The number of rotatable bonds is 7. The molecule has 1 aromatic carbocycles. The number of nitrogens with one attached hydrogen (secondary N) is 1. The number of carboxylic acid groups (broad SMARTS) is 1. The molecule has 9 nitrogen and oxygen atoms in total. The molecule has 2 N–H and O–H groups in total. The Balaban J connectivity index is 2.17. The van der Waals surface area contributed by atoms with Crippen molar-refractivity contribution in [2.75, 3.05) is 27.2 Å². The molecule has 0 aliphatic carbocycles. The van der Waals surface area contributed by atoms with Crippen LogP contribution in [0.4, 0.5) is 4.79 Å². The molecule has 0 saturated carbocycles. The maximum absolute atomic E-state index is 12.9. The van der Waals surface area contributed by atoms with Crippen molar-refractivity contribution in [3.05, 3.63) is 29.3 Å². The molecular formula is C18H23N3O6. The molecule has 1 aromatic rings. The minimum absolute atomic E-state index is 0.00718. The summed E-state index contributed by atoms with van der Waals surface area (Å²) >= 11 is 0. The molecule has 0 bridgehead atoms. The molecule has 1 saturated heterocycles. The third kappa shape index (κ3) is 4.02. The second-order valence-electron chi connectivity index (χ2n) is 6.59. The number of imide groups is 1. The van der Waals surface area contributed by atoms with E-state index >= 15 is 0 Å². The largest absolute Gasteiger partial charge is 0.496 e. The zero-order chi connectivity index (χ0) is 20.4. The van der Waals surface area contributed by atoms with Crippen LogP contribution in [0.25, 0.3) is 0 Å². The zero-order valence-corrected chi connectivity index (χ0v) is 15.7. The fourth-order valence-corrected chi connectivity index (χ4v) is 2.87. The predicted molar refractivity (Wildman–Crippen MR) is 95.2 cm³/mol. The fraction of sp³-hybridized carbons (Fsp3) is 0.444. The summed E-state index contributed by atoms with van der Waals surface area (Å²) < 4.78 is 5.21. The Labute approximate surface area is 156 Å². The Hall–Kier alpha value is -3.10. The molecule has 27 heavy (non-hydrogen) atoms.